The normalized spacial score (nSPS) is 11.5. The van der Waals surface area contributed by atoms with Gasteiger partial charge in [0.1, 0.15) is 22.9 Å². The second-order valence-corrected chi connectivity index (χ2v) is 13.1. The van der Waals surface area contributed by atoms with E-state index in [9.17, 15) is 47.4 Å². The summed E-state index contributed by atoms with van der Waals surface area (Å²) in [6.45, 7) is 0. The van der Waals surface area contributed by atoms with Crippen molar-refractivity contribution in [1.82, 2.24) is 10.6 Å². The van der Waals surface area contributed by atoms with E-state index in [2.05, 4.69) is 36.4 Å². The molecule has 0 saturated heterocycles. The fourth-order valence-corrected chi connectivity index (χ4v) is 6.09. The van der Waals surface area contributed by atoms with E-state index in [-0.39, 0.29) is 51.9 Å². The minimum Gasteiger partial charge on any atom is -0.506 e. The Morgan fingerprint density at radius 3 is 1.54 bits per heavy atom. The maximum atomic E-state index is 13.3. The molecule has 0 aliphatic heterocycles. The second kappa shape index (κ2) is 17.1. The van der Waals surface area contributed by atoms with Crippen molar-refractivity contribution in [3.8, 4) is 11.5 Å². The zero-order valence-electron chi connectivity index (χ0n) is 31.1. The van der Waals surface area contributed by atoms with Gasteiger partial charge in [-0.2, -0.15) is 23.4 Å². The molecule has 0 radical (unpaired) electrons. The van der Waals surface area contributed by atoms with Crippen molar-refractivity contribution in [1.29, 1.82) is 0 Å². The molecule has 14 nitrogen and oxygen atoms in total. The van der Waals surface area contributed by atoms with Crippen molar-refractivity contribution in [3.63, 3.8) is 0 Å². The van der Waals surface area contributed by atoms with E-state index in [1.54, 1.807) is 66.7 Å². The van der Waals surface area contributed by atoms with Crippen molar-refractivity contribution in [2.75, 3.05) is 5.32 Å². The van der Waals surface area contributed by atoms with Gasteiger partial charge < -0.3 is 15.5 Å². The fourth-order valence-electron chi connectivity index (χ4n) is 6.09. The summed E-state index contributed by atoms with van der Waals surface area (Å²) in [6.07, 6.45) is -4.33. The number of azo groups is 2. The number of phenols is 2. The molecule has 0 aromatic heterocycles. The highest BCUT2D eigenvalue weighted by Gasteiger charge is 2.30. The lowest BCUT2D eigenvalue weighted by molar-refractivity contribution is -0.137. The number of halogens is 3. The summed E-state index contributed by atoms with van der Waals surface area (Å²) in [6, 6.07) is 30.2. The molecule has 0 saturated carbocycles. The molecular weight excluding hydrogens is 796 g/mol. The number of carbonyl (C=O) groups is 5. The summed E-state index contributed by atoms with van der Waals surface area (Å²) < 4.78 is 39.1. The molecule has 0 spiro atoms. The first-order valence-electron chi connectivity index (χ1n) is 17.9. The summed E-state index contributed by atoms with van der Waals surface area (Å²) in [4.78, 5) is 61.2. The van der Waals surface area contributed by atoms with Gasteiger partial charge in [-0.15, -0.1) is 10.2 Å². The number of fused-ring (bicyclic) bond motifs is 2. The van der Waals surface area contributed by atoms with Gasteiger partial charge in [0.2, 0.25) is 6.41 Å². The maximum Gasteiger partial charge on any atom is 0.416 e. The first-order chi connectivity index (χ1) is 29.3. The number of carbonyl (C=O) groups excluding carboxylic acids is 5. The van der Waals surface area contributed by atoms with E-state index >= 15 is 0 Å². The highest BCUT2D eigenvalue weighted by molar-refractivity contribution is 6.11. The molecule has 5 N–H and O–H groups in total. The standard InChI is InChI=1S/C44H28F3N7O7/c45-44(46,47)30-2-1-3-33(22-30)49-43(61)50-42(60)29-9-17-35-27(21-29)11-19-37(57)39(35)54-52-32-14-6-25(7-15-32)40(58)24-4-12-31(13-5-24)51-53-38-34-16-8-28(41(59)48-23-55)20-26(34)10-18-36(38)56/h1-23,56-57H,(H,48,55,59)(H2,49,50,60,61). The quantitative estimate of drug-likeness (QED) is 0.0511. The number of hydrogen-bond donors (Lipinski definition) is 5. The summed E-state index contributed by atoms with van der Waals surface area (Å²) in [5.41, 5.74) is 0.834. The molecule has 0 bridgehead atoms. The average Bonchev–Trinajstić information content (AvgIpc) is 3.25. The van der Waals surface area contributed by atoms with Crippen molar-refractivity contribution in [2.24, 2.45) is 20.5 Å². The van der Waals surface area contributed by atoms with E-state index in [0.29, 0.717) is 44.0 Å². The second-order valence-electron chi connectivity index (χ2n) is 13.1. The van der Waals surface area contributed by atoms with Gasteiger partial charge in [-0.25, -0.2) is 4.79 Å². The minimum atomic E-state index is -4.62. The highest BCUT2D eigenvalue weighted by atomic mass is 19.4. The molecule has 302 valence electrons. The van der Waals surface area contributed by atoms with Crippen LogP contribution in [0.4, 0.5) is 46.4 Å². The molecule has 0 fully saturated rings. The molecule has 0 atom stereocenters. The van der Waals surface area contributed by atoms with Gasteiger partial charge in [0, 0.05) is 38.7 Å². The van der Waals surface area contributed by atoms with Crippen LogP contribution in [0.1, 0.15) is 42.2 Å². The summed E-state index contributed by atoms with van der Waals surface area (Å²) in [5.74, 6) is -2.07. The molecule has 7 rings (SSSR count). The van der Waals surface area contributed by atoms with Crippen LogP contribution in [-0.2, 0) is 11.0 Å². The van der Waals surface area contributed by atoms with E-state index in [1.807, 2.05) is 0 Å². The number of imide groups is 2. The van der Waals surface area contributed by atoms with Gasteiger partial charge in [-0.3, -0.25) is 29.8 Å². The third kappa shape index (κ3) is 9.26. The van der Waals surface area contributed by atoms with Crippen LogP contribution in [0.3, 0.4) is 0 Å². The first kappa shape index (κ1) is 40.6. The van der Waals surface area contributed by atoms with E-state index in [4.69, 9.17) is 0 Å². The lowest BCUT2D eigenvalue weighted by Crippen LogP contribution is -2.34. The zero-order chi connectivity index (χ0) is 43.3. The largest absolute Gasteiger partial charge is 0.506 e. The number of anilines is 1. The summed E-state index contributed by atoms with van der Waals surface area (Å²) in [7, 11) is 0. The topological polar surface area (TPSA) is 211 Å². The van der Waals surface area contributed by atoms with Gasteiger partial charge in [0.25, 0.3) is 11.8 Å². The number of alkyl halides is 3. The van der Waals surface area contributed by atoms with Crippen LogP contribution in [0.5, 0.6) is 11.5 Å². The predicted molar refractivity (Wildman–Crippen MR) is 217 cm³/mol. The van der Waals surface area contributed by atoms with Crippen LogP contribution >= 0.6 is 0 Å². The average molecular weight is 824 g/mol. The number of phenolic OH excluding ortho intramolecular Hbond substituents is 2. The smallest absolute Gasteiger partial charge is 0.416 e. The Morgan fingerprint density at radius 2 is 1.05 bits per heavy atom. The highest BCUT2D eigenvalue weighted by Crippen LogP contribution is 2.38. The Balaban J connectivity index is 0.996. The number of nitrogens with one attached hydrogen (secondary N) is 3. The van der Waals surface area contributed by atoms with Crippen LogP contribution in [0.25, 0.3) is 21.5 Å². The zero-order valence-corrected chi connectivity index (χ0v) is 31.1. The third-order valence-electron chi connectivity index (χ3n) is 9.12. The number of hydrogen-bond acceptors (Lipinski definition) is 11. The molecule has 0 unspecified atom stereocenters. The molecule has 7 aromatic carbocycles. The third-order valence-corrected chi connectivity index (χ3v) is 9.12. The number of rotatable bonds is 10. The maximum absolute atomic E-state index is 13.3. The van der Waals surface area contributed by atoms with Crippen molar-refractivity contribution in [3.05, 3.63) is 161 Å². The molecule has 17 heteroatoms. The monoisotopic (exact) mass is 823 g/mol. The molecule has 0 aliphatic carbocycles. The molecular formula is C44H28F3N7O7. The van der Waals surface area contributed by atoms with Gasteiger partial charge >= 0.3 is 12.2 Å². The number of aromatic hydroxyl groups is 2. The number of benzene rings is 7. The van der Waals surface area contributed by atoms with Crippen molar-refractivity contribution < 1.29 is 47.4 Å². The lowest BCUT2D eigenvalue weighted by Gasteiger charge is -2.11. The molecule has 7 aromatic rings. The Morgan fingerprint density at radius 1 is 0.557 bits per heavy atom. The summed E-state index contributed by atoms with van der Waals surface area (Å²) >= 11 is 0. The van der Waals surface area contributed by atoms with E-state index < -0.39 is 29.6 Å². The Hall–Kier alpha value is -8.60. The van der Waals surface area contributed by atoms with Crippen LogP contribution in [0.2, 0.25) is 0 Å². The lowest BCUT2D eigenvalue weighted by atomic mass is 10.0. The fraction of sp³-hybridized carbons (Fsp3) is 0.0227. The van der Waals surface area contributed by atoms with E-state index in [0.717, 1.165) is 18.2 Å². The first-order valence-corrected chi connectivity index (χ1v) is 17.9. The van der Waals surface area contributed by atoms with Crippen LogP contribution in [0.15, 0.2) is 154 Å². The number of amides is 5. The van der Waals surface area contributed by atoms with Gasteiger partial charge in [0.05, 0.1) is 16.9 Å². The molecule has 0 heterocycles. The molecule has 61 heavy (non-hydrogen) atoms. The Labute approximate surface area is 342 Å². The van der Waals surface area contributed by atoms with Crippen LogP contribution in [-0.4, -0.2) is 40.3 Å². The van der Waals surface area contributed by atoms with Crippen LogP contribution < -0.4 is 16.0 Å². The van der Waals surface area contributed by atoms with Gasteiger partial charge in [-0.1, -0.05) is 30.3 Å². The van der Waals surface area contributed by atoms with Gasteiger partial charge in [-0.05, 0) is 114 Å². The van der Waals surface area contributed by atoms with E-state index in [1.165, 1.54) is 48.5 Å². The number of urea groups is 1. The predicted octanol–water partition coefficient (Wildman–Crippen LogP) is 10.3. The van der Waals surface area contributed by atoms with Crippen LogP contribution in [0, 0.1) is 0 Å². The number of ketones is 1. The Kier molecular flexibility index (Phi) is 11.4. The molecule has 5 amide bonds. The SMILES string of the molecule is O=CNC(=O)c1ccc2c(N=Nc3ccc(C(=O)c4ccc(N=Nc5c(O)ccc6cc(C(=O)NC(=O)Nc7cccc(C(F)(F)F)c7)ccc56)cc4)cc3)c(O)ccc2c1. The minimum absolute atomic E-state index is 0.0438. The molecule has 0 aliphatic rings. The van der Waals surface area contributed by atoms with Crippen molar-refractivity contribution in [2.45, 2.75) is 6.18 Å². The van der Waals surface area contributed by atoms with Crippen molar-refractivity contribution >= 4 is 80.0 Å². The number of nitrogens with zero attached hydrogens (tertiary/aromatic N) is 4. The van der Waals surface area contributed by atoms with Gasteiger partial charge in [0.15, 0.2) is 5.78 Å². The Bertz CT molecular complexity index is 2950. The summed E-state index contributed by atoms with van der Waals surface area (Å²) in [5, 5.41) is 46.2.